The van der Waals surface area contributed by atoms with Gasteiger partial charge in [-0.25, -0.2) is 4.68 Å². The van der Waals surface area contributed by atoms with E-state index in [1.807, 2.05) is 19.2 Å². The van der Waals surface area contributed by atoms with Crippen LogP contribution in [0.5, 0.6) is 0 Å². The third kappa shape index (κ3) is 5.84. The molecule has 0 spiro atoms. The quantitative estimate of drug-likeness (QED) is 0.438. The third-order valence-corrected chi connectivity index (χ3v) is 5.74. The van der Waals surface area contributed by atoms with Crippen LogP contribution in [-0.4, -0.2) is 36.1 Å². The molecule has 2 aromatic carbocycles. The van der Waals surface area contributed by atoms with Crippen LogP contribution in [0.2, 0.25) is 0 Å². The van der Waals surface area contributed by atoms with Crippen LogP contribution in [0.15, 0.2) is 48.8 Å². The fourth-order valence-corrected chi connectivity index (χ4v) is 3.71. The van der Waals surface area contributed by atoms with E-state index in [0.717, 1.165) is 42.7 Å². The number of aromatic nitrogens is 2. The molecule has 1 N–H and O–H groups in total. The van der Waals surface area contributed by atoms with E-state index < -0.39 is 12.7 Å². The Bertz CT molecular complexity index is 1040. The number of benzene rings is 2. The van der Waals surface area contributed by atoms with Crippen LogP contribution >= 0.6 is 0 Å². The Hall–Kier alpha value is -2.96. The molecular weight excluding hydrogens is 413 g/mol. The van der Waals surface area contributed by atoms with Crippen molar-refractivity contribution >= 4 is 11.4 Å². The number of nitrogens with zero attached hydrogens (tertiary/aromatic N) is 3. The van der Waals surface area contributed by atoms with Gasteiger partial charge in [0.1, 0.15) is 6.54 Å². The van der Waals surface area contributed by atoms with Gasteiger partial charge in [-0.1, -0.05) is 32.0 Å². The van der Waals surface area contributed by atoms with E-state index in [1.54, 1.807) is 10.9 Å². The second-order valence-electron chi connectivity index (χ2n) is 7.96. The van der Waals surface area contributed by atoms with Crippen molar-refractivity contribution in [3.8, 4) is 5.69 Å². The predicted molar refractivity (Wildman–Crippen MR) is 125 cm³/mol. The van der Waals surface area contributed by atoms with Crippen LogP contribution in [0.3, 0.4) is 0 Å². The summed E-state index contributed by atoms with van der Waals surface area (Å²) in [4.78, 5) is 2.16. The Balaban J connectivity index is 1.98. The highest BCUT2D eigenvalue weighted by molar-refractivity contribution is 5.57. The highest BCUT2D eigenvalue weighted by Crippen LogP contribution is 2.27. The van der Waals surface area contributed by atoms with E-state index in [-0.39, 0.29) is 0 Å². The Labute approximate surface area is 188 Å². The van der Waals surface area contributed by atoms with Gasteiger partial charge < -0.3 is 10.2 Å². The smallest absolute Gasteiger partial charge is 0.375 e. The number of nitrogens with one attached hydrogen (secondary N) is 1. The average Bonchev–Trinajstić information content (AvgIpc) is 3.25. The SMILES string of the molecule is CCc1ccc(Cc2cc(N(C)CC)ccc2-n2cc(NCC(F)(F)F)cn2)c(CC)c1. The molecule has 0 saturated heterocycles. The molecule has 3 aromatic rings. The van der Waals surface area contributed by atoms with Crippen LogP contribution in [0, 0.1) is 0 Å². The summed E-state index contributed by atoms with van der Waals surface area (Å²) in [5.41, 5.74) is 7.26. The molecule has 0 bridgehead atoms. The first-order valence-electron chi connectivity index (χ1n) is 11.0. The van der Waals surface area contributed by atoms with Crippen molar-refractivity contribution in [2.75, 3.05) is 30.4 Å². The molecule has 4 nitrogen and oxygen atoms in total. The number of halogens is 3. The Morgan fingerprint density at radius 2 is 1.75 bits per heavy atom. The van der Waals surface area contributed by atoms with Crippen molar-refractivity contribution in [1.82, 2.24) is 9.78 Å². The number of rotatable bonds is 9. The summed E-state index contributed by atoms with van der Waals surface area (Å²) >= 11 is 0. The van der Waals surface area contributed by atoms with Crippen LogP contribution < -0.4 is 10.2 Å². The molecule has 0 aliphatic carbocycles. The molecule has 7 heteroatoms. The minimum atomic E-state index is -4.28. The number of hydrogen-bond donors (Lipinski definition) is 1. The number of alkyl halides is 3. The second kappa shape index (κ2) is 10.1. The Kier molecular flexibility index (Phi) is 7.48. The lowest BCUT2D eigenvalue weighted by Crippen LogP contribution is -2.21. The maximum atomic E-state index is 12.6. The fourth-order valence-electron chi connectivity index (χ4n) is 3.71. The molecule has 0 radical (unpaired) electrons. The molecule has 0 unspecified atom stereocenters. The number of anilines is 2. The van der Waals surface area contributed by atoms with Gasteiger partial charge in [0.25, 0.3) is 0 Å². The van der Waals surface area contributed by atoms with Gasteiger partial charge in [-0.3, -0.25) is 0 Å². The van der Waals surface area contributed by atoms with Gasteiger partial charge in [0.15, 0.2) is 0 Å². The van der Waals surface area contributed by atoms with Crippen LogP contribution in [0.1, 0.15) is 43.0 Å². The molecule has 0 saturated carbocycles. The van der Waals surface area contributed by atoms with Gasteiger partial charge in [-0.2, -0.15) is 18.3 Å². The second-order valence-corrected chi connectivity index (χ2v) is 7.96. The molecule has 0 amide bonds. The summed E-state index contributed by atoms with van der Waals surface area (Å²) in [5.74, 6) is 0. The van der Waals surface area contributed by atoms with Crippen LogP contribution in [0.4, 0.5) is 24.5 Å². The fraction of sp³-hybridized carbons (Fsp3) is 0.400. The van der Waals surface area contributed by atoms with Gasteiger partial charge >= 0.3 is 6.18 Å². The summed E-state index contributed by atoms with van der Waals surface area (Å²) in [6, 6.07) is 12.8. The minimum Gasteiger partial charge on any atom is -0.375 e. The summed E-state index contributed by atoms with van der Waals surface area (Å²) in [5, 5.41) is 6.72. The molecule has 1 aromatic heterocycles. The maximum Gasteiger partial charge on any atom is 0.405 e. The lowest BCUT2D eigenvalue weighted by molar-refractivity contribution is -0.115. The normalized spacial score (nSPS) is 11.6. The molecule has 172 valence electrons. The van der Waals surface area contributed by atoms with Gasteiger partial charge in [0, 0.05) is 19.3 Å². The van der Waals surface area contributed by atoms with E-state index in [4.69, 9.17) is 0 Å². The summed E-state index contributed by atoms with van der Waals surface area (Å²) < 4.78 is 39.3. The van der Waals surface area contributed by atoms with Crippen molar-refractivity contribution in [3.63, 3.8) is 0 Å². The summed E-state index contributed by atoms with van der Waals surface area (Å²) in [6.07, 6.45) is 1.42. The molecule has 3 rings (SSSR count). The highest BCUT2D eigenvalue weighted by atomic mass is 19.4. The predicted octanol–water partition coefficient (Wildman–Crippen LogP) is 6.02. The average molecular weight is 445 g/mol. The van der Waals surface area contributed by atoms with Crippen LogP contribution in [0.25, 0.3) is 5.69 Å². The first-order chi connectivity index (χ1) is 15.2. The molecule has 0 aliphatic heterocycles. The van der Waals surface area contributed by atoms with Crippen molar-refractivity contribution in [1.29, 1.82) is 0 Å². The number of hydrogen-bond acceptors (Lipinski definition) is 3. The largest absolute Gasteiger partial charge is 0.405 e. The molecule has 1 heterocycles. The van der Waals surface area contributed by atoms with Gasteiger partial charge in [0.2, 0.25) is 0 Å². The van der Waals surface area contributed by atoms with Gasteiger partial charge in [-0.05, 0) is 66.6 Å². The Morgan fingerprint density at radius 3 is 2.41 bits per heavy atom. The first-order valence-corrected chi connectivity index (χ1v) is 11.0. The first kappa shape index (κ1) is 23.7. The van der Waals surface area contributed by atoms with E-state index in [2.05, 4.69) is 60.4 Å². The lowest BCUT2D eigenvalue weighted by atomic mass is 9.94. The summed E-state index contributed by atoms with van der Waals surface area (Å²) in [7, 11) is 2.04. The van der Waals surface area contributed by atoms with Crippen molar-refractivity contribution in [3.05, 3.63) is 71.0 Å². The van der Waals surface area contributed by atoms with E-state index in [1.165, 1.54) is 22.9 Å². The van der Waals surface area contributed by atoms with E-state index >= 15 is 0 Å². The van der Waals surface area contributed by atoms with E-state index in [0.29, 0.717) is 5.69 Å². The topological polar surface area (TPSA) is 33.1 Å². The zero-order chi connectivity index (χ0) is 23.3. The van der Waals surface area contributed by atoms with Gasteiger partial charge in [-0.15, -0.1) is 0 Å². The standard InChI is InChI=1S/C25H31F3N4/c1-5-18-8-9-20(19(6-2)12-18)13-21-14-23(31(4)7-3)10-11-24(21)32-16-22(15-30-32)29-17-25(26,27)28/h8-12,14-16,29H,5-7,13,17H2,1-4H3. The van der Waals surface area contributed by atoms with Crippen molar-refractivity contribution in [2.45, 2.75) is 46.2 Å². The third-order valence-electron chi connectivity index (χ3n) is 5.74. The van der Waals surface area contributed by atoms with Crippen molar-refractivity contribution in [2.24, 2.45) is 0 Å². The van der Waals surface area contributed by atoms with Gasteiger partial charge in [0.05, 0.1) is 23.8 Å². The monoisotopic (exact) mass is 444 g/mol. The maximum absolute atomic E-state index is 12.6. The zero-order valence-corrected chi connectivity index (χ0v) is 19.1. The van der Waals surface area contributed by atoms with E-state index in [9.17, 15) is 13.2 Å². The summed E-state index contributed by atoms with van der Waals surface area (Å²) in [6.45, 7) is 6.19. The number of aryl methyl sites for hydroxylation is 2. The van der Waals surface area contributed by atoms with Crippen molar-refractivity contribution < 1.29 is 13.2 Å². The zero-order valence-electron chi connectivity index (χ0n) is 19.1. The Morgan fingerprint density at radius 1 is 0.969 bits per heavy atom. The molecule has 32 heavy (non-hydrogen) atoms. The van der Waals surface area contributed by atoms with Crippen LogP contribution in [-0.2, 0) is 19.3 Å². The molecule has 0 atom stereocenters. The highest BCUT2D eigenvalue weighted by Gasteiger charge is 2.26. The lowest BCUT2D eigenvalue weighted by Gasteiger charge is -2.20. The minimum absolute atomic E-state index is 0.338. The molecule has 0 fully saturated rings. The molecule has 0 aliphatic rings. The molecular formula is C25H31F3N4.